The molecule has 1 atom stereocenters. The smallest absolute Gasteiger partial charge is 0.247 e. The maximum absolute atomic E-state index is 13.4. The monoisotopic (exact) mass is 493 g/mol. The molecule has 34 heavy (non-hydrogen) atoms. The Labute approximate surface area is 200 Å². The molecule has 0 aliphatic carbocycles. The second kappa shape index (κ2) is 13.2. The van der Waals surface area contributed by atoms with Gasteiger partial charge in [0.1, 0.15) is 11.9 Å². The van der Waals surface area contributed by atoms with Crippen molar-refractivity contribution in [2.45, 2.75) is 25.9 Å². The summed E-state index contributed by atoms with van der Waals surface area (Å²) in [5.41, 5.74) is 1.17. The molecule has 2 aromatic rings. The fourth-order valence-corrected chi connectivity index (χ4v) is 3.59. The summed E-state index contributed by atoms with van der Waals surface area (Å²) >= 11 is 0. The number of sulfonamides is 1. The highest BCUT2D eigenvalue weighted by Crippen LogP contribution is 2.24. The van der Waals surface area contributed by atoms with Gasteiger partial charge in [0.25, 0.3) is 0 Å². The van der Waals surface area contributed by atoms with Gasteiger partial charge >= 0.3 is 0 Å². The van der Waals surface area contributed by atoms with Gasteiger partial charge in [-0.25, -0.2) is 12.8 Å². The summed E-state index contributed by atoms with van der Waals surface area (Å²) < 4.78 is 43.5. The SMILES string of the molecule is CCOCCCNC(=O)[C@H](c1ccccc1)N(Cc1ccc(F)cc1)C(=O)CN(C)S(C)(=O)=O. The van der Waals surface area contributed by atoms with Gasteiger partial charge in [0.15, 0.2) is 0 Å². The Hall–Kier alpha value is -2.82. The molecule has 0 aliphatic rings. The summed E-state index contributed by atoms with van der Waals surface area (Å²) in [4.78, 5) is 28.0. The Morgan fingerprint density at radius 3 is 2.32 bits per heavy atom. The molecule has 1 N–H and O–H groups in total. The van der Waals surface area contributed by atoms with Gasteiger partial charge in [-0.1, -0.05) is 42.5 Å². The quantitative estimate of drug-likeness (QED) is 0.432. The van der Waals surface area contributed by atoms with Crippen LogP contribution in [0, 0.1) is 5.82 Å². The van der Waals surface area contributed by atoms with Crippen molar-refractivity contribution in [1.29, 1.82) is 0 Å². The molecule has 2 amide bonds. The molecule has 186 valence electrons. The van der Waals surface area contributed by atoms with E-state index in [2.05, 4.69) is 5.32 Å². The number of likely N-dealkylation sites (N-methyl/N-ethyl adjacent to an activating group) is 1. The molecule has 0 radical (unpaired) electrons. The molecule has 0 unspecified atom stereocenters. The highest BCUT2D eigenvalue weighted by molar-refractivity contribution is 7.88. The van der Waals surface area contributed by atoms with Crippen LogP contribution in [-0.2, 0) is 30.9 Å². The van der Waals surface area contributed by atoms with Crippen LogP contribution in [0.5, 0.6) is 0 Å². The topological polar surface area (TPSA) is 96.0 Å². The third-order valence-electron chi connectivity index (χ3n) is 5.15. The summed E-state index contributed by atoms with van der Waals surface area (Å²) in [6.07, 6.45) is 1.61. The maximum atomic E-state index is 13.4. The van der Waals surface area contributed by atoms with Crippen molar-refractivity contribution in [3.63, 3.8) is 0 Å². The molecule has 10 heteroatoms. The average molecular weight is 494 g/mol. The molecule has 0 saturated carbocycles. The van der Waals surface area contributed by atoms with E-state index >= 15 is 0 Å². The average Bonchev–Trinajstić information content (AvgIpc) is 2.80. The summed E-state index contributed by atoms with van der Waals surface area (Å²) in [6, 6.07) is 13.4. The van der Waals surface area contributed by atoms with E-state index in [1.165, 1.54) is 36.2 Å². The van der Waals surface area contributed by atoms with Gasteiger partial charge in [0.05, 0.1) is 12.8 Å². The molecule has 2 rings (SSSR count). The molecular weight excluding hydrogens is 461 g/mol. The van der Waals surface area contributed by atoms with Crippen LogP contribution in [0.2, 0.25) is 0 Å². The van der Waals surface area contributed by atoms with Gasteiger partial charge in [-0.2, -0.15) is 4.31 Å². The van der Waals surface area contributed by atoms with Crippen molar-refractivity contribution >= 4 is 21.8 Å². The van der Waals surface area contributed by atoms with Crippen LogP contribution in [0.4, 0.5) is 4.39 Å². The third-order valence-corrected chi connectivity index (χ3v) is 6.42. The predicted octanol–water partition coefficient (Wildman–Crippen LogP) is 2.33. The van der Waals surface area contributed by atoms with Crippen LogP contribution in [0.25, 0.3) is 0 Å². The van der Waals surface area contributed by atoms with Crippen LogP contribution in [-0.4, -0.2) is 69.0 Å². The first-order valence-corrected chi connectivity index (χ1v) is 12.8. The van der Waals surface area contributed by atoms with E-state index in [-0.39, 0.29) is 6.54 Å². The first-order valence-electron chi connectivity index (χ1n) is 11.0. The van der Waals surface area contributed by atoms with Crippen molar-refractivity contribution in [3.8, 4) is 0 Å². The van der Waals surface area contributed by atoms with Crippen LogP contribution in [0.15, 0.2) is 54.6 Å². The zero-order valence-corrected chi connectivity index (χ0v) is 20.6. The van der Waals surface area contributed by atoms with Gasteiger partial charge in [-0.05, 0) is 36.6 Å². The summed E-state index contributed by atoms with van der Waals surface area (Å²) in [5.74, 6) is -1.39. The minimum atomic E-state index is -3.62. The Morgan fingerprint density at radius 1 is 1.09 bits per heavy atom. The number of hydrogen-bond acceptors (Lipinski definition) is 5. The number of carbonyl (C=O) groups excluding carboxylic acids is 2. The molecule has 0 aromatic heterocycles. The zero-order chi connectivity index (χ0) is 25.1. The summed E-state index contributed by atoms with van der Waals surface area (Å²) in [7, 11) is -2.32. The largest absolute Gasteiger partial charge is 0.382 e. The number of rotatable bonds is 13. The standard InChI is InChI=1S/C24H32FN3O5S/c1-4-33-16-8-15-26-24(30)23(20-9-6-5-7-10-20)28(17-19-11-13-21(25)14-12-19)22(29)18-27(2)34(3,31)32/h5-7,9-14,23H,4,8,15-18H2,1-3H3,(H,26,30)/t23-/m0/s1. The molecule has 2 aromatic carbocycles. The van der Waals surface area contributed by atoms with E-state index in [4.69, 9.17) is 4.74 Å². The predicted molar refractivity (Wildman–Crippen MR) is 128 cm³/mol. The number of benzene rings is 2. The second-order valence-corrected chi connectivity index (χ2v) is 9.91. The number of carbonyl (C=O) groups is 2. The first kappa shape index (κ1) is 27.4. The van der Waals surface area contributed by atoms with Crippen molar-refractivity contribution in [2.24, 2.45) is 0 Å². The molecule has 0 saturated heterocycles. The highest BCUT2D eigenvalue weighted by Gasteiger charge is 2.32. The van der Waals surface area contributed by atoms with E-state index in [1.54, 1.807) is 30.3 Å². The summed E-state index contributed by atoms with van der Waals surface area (Å²) in [5, 5.41) is 2.85. The maximum Gasteiger partial charge on any atom is 0.247 e. The zero-order valence-electron chi connectivity index (χ0n) is 19.7. The van der Waals surface area contributed by atoms with Crippen LogP contribution in [0.3, 0.4) is 0 Å². The molecular formula is C24H32FN3O5S. The normalized spacial score (nSPS) is 12.4. The molecule has 0 spiro atoms. The lowest BCUT2D eigenvalue weighted by Crippen LogP contribution is -2.47. The van der Waals surface area contributed by atoms with E-state index < -0.39 is 40.2 Å². The van der Waals surface area contributed by atoms with Crippen molar-refractivity contribution in [3.05, 3.63) is 71.5 Å². The number of hydrogen-bond donors (Lipinski definition) is 1. The fourth-order valence-electron chi connectivity index (χ4n) is 3.24. The number of nitrogens with one attached hydrogen (secondary N) is 1. The minimum Gasteiger partial charge on any atom is -0.382 e. The highest BCUT2D eigenvalue weighted by atomic mass is 32.2. The second-order valence-electron chi connectivity index (χ2n) is 7.82. The van der Waals surface area contributed by atoms with Crippen molar-refractivity contribution < 1.29 is 27.1 Å². The number of nitrogens with zero attached hydrogens (tertiary/aromatic N) is 2. The van der Waals surface area contributed by atoms with Gasteiger partial charge < -0.3 is 15.0 Å². The molecule has 0 aliphatic heterocycles. The minimum absolute atomic E-state index is 0.0113. The van der Waals surface area contributed by atoms with E-state index in [0.29, 0.717) is 37.3 Å². The molecule has 0 heterocycles. The van der Waals surface area contributed by atoms with Gasteiger partial charge in [0.2, 0.25) is 21.8 Å². The molecule has 0 fully saturated rings. The van der Waals surface area contributed by atoms with Crippen molar-refractivity contribution in [2.75, 3.05) is 39.6 Å². The Morgan fingerprint density at radius 2 is 1.74 bits per heavy atom. The number of ether oxygens (including phenoxy) is 1. The van der Waals surface area contributed by atoms with E-state index in [9.17, 15) is 22.4 Å². The van der Waals surface area contributed by atoms with E-state index in [0.717, 1.165) is 10.6 Å². The van der Waals surface area contributed by atoms with Crippen molar-refractivity contribution in [1.82, 2.24) is 14.5 Å². The van der Waals surface area contributed by atoms with Crippen LogP contribution < -0.4 is 5.32 Å². The Kier molecular flexibility index (Phi) is 10.6. The Balaban J connectivity index is 2.38. The molecule has 0 bridgehead atoms. The first-order chi connectivity index (χ1) is 16.1. The number of halogens is 1. The fraction of sp³-hybridized carbons (Fsp3) is 0.417. The van der Waals surface area contributed by atoms with Gasteiger partial charge in [0, 0.05) is 33.4 Å². The van der Waals surface area contributed by atoms with E-state index in [1.807, 2.05) is 6.92 Å². The van der Waals surface area contributed by atoms with Crippen LogP contribution in [0.1, 0.15) is 30.5 Å². The summed E-state index contributed by atoms with van der Waals surface area (Å²) in [6.45, 7) is 2.85. The van der Waals surface area contributed by atoms with Crippen LogP contribution >= 0.6 is 0 Å². The Bertz CT molecular complexity index is 1030. The lowest BCUT2D eigenvalue weighted by Gasteiger charge is -2.32. The van der Waals surface area contributed by atoms with Gasteiger partial charge in [-0.3, -0.25) is 9.59 Å². The number of amides is 2. The molecule has 8 nitrogen and oxygen atoms in total. The van der Waals surface area contributed by atoms with Gasteiger partial charge in [-0.15, -0.1) is 0 Å². The third kappa shape index (κ3) is 8.51. The lowest BCUT2D eigenvalue weighted by molar-refractivity contribution is -0.141. The lowest BCUT2D eigenvalue weighted by atomic mass is 10.0.